The fraction of sp³-hybridized carbons (Fsp3) is 0.750. The van der Waals surface area contributed by atoms with Crippen molar-refractivity contribution in [3.63, 3.8) is 0 Å². The highest BCUT2D eigenvalue weighted by Crippen LogP contribution is 2.27. The molecule has 1 aromatic heterocycles. The number of aromatic nitrogens is 1. The number of piperidine rings is 1. The fourth-order valence-corrected chi connectivity index (χ4v) is 4.26. The van der Waals surface area contributed by atoms with Crippen LogP contribution in [0.5, 0.6) is 0 Å². The number of halogens is 2. The van der Waals surface area contributed by atoms with Crippen molar-refractivity contribution in [2.24, 2.45) is 0 Å². The first kappa shape index (κ1) is 20.7. The van der Waals surface area contributed by atoms with E-state index in [1.54, 1.807) is 11.3 Å². The lowest BCUT2D eigenvalue weighted by atomic mass is 9.98. The standard InChI is InChI=1S/C16H25N3OS.2ClH/c1-16(2,3)15-19-13(9-21-15)8-14(20)18-12-6-10-4-5-11(7-12)17-10;;/h9-12,17H,4-8H2,1-3H3,(H,18,20);2*1H. The summed E-state index contributed by atoms with van der Waals surface area (Å²) in [7, 11) is 0. The summed E-state index contributed by atoms with van der Waals surface area (Å²) >= 11 is 1.65. The first-order valence-electron chi connectivity index (χ1n) is 7.90. The van der Waals surface area contributed by atoms with Gasteiger partial charge >= 0.3 is 0 Å². The molecule has 2 atom stereocenters. The number of nitrogens with one attached hydrogen (secondary N) is 2. The van der Waals surface area contributed by atoms with Crippen LogP contribution in [0.1, 0.15) is 57.2 Å². The van der Waals surface area contributed by atoms with E-state index >= 15 is 0 Å². The van der Waals surface area contributed by atoms with E-state index in [0.29, 0.717) is 24.5 Å². The zero-order valence-electron chi connectivity index (χ0n) is 13.9. The Hall–Kier alpha value is -0.360. The van der Waals surface area contributed by atoms with Crippen LogP contribution in [0.2, 0.25) is 0 Å². The van der Waals surface area contributed by atoms with Gasteiger partial charge in [-0.15, -0.1) is 36.2 Å². The largest absolute Gasteiger partial charge is 0.353 e. The lowest BCUT2D eigenvalue weighted by Crippen LogP contribution is -2.48. The molecule has 2 aliphatic rings. The van der Waals surface area contributed by atoms with Crippen LogP contribution in [0.15, 0.2) is 5.38 Å². The molecule has 23 heavy (non-hydrogen) atoms. The van der Waals surface area contributed by atoms with E-state index in [9.17, 15) is 4.79 Å². The lowest BCUT2D eigenvalue weighted by Gasteiger charge is -2.29. The van der Waals surface area contributed by atoms with E-state index in [0.717, 1.165) is 23.5 Å². The number of amides is 1. The van der Waals surface area contributed by atoms with Crippen molar-refractivity contribution in [1.29, 1.82) is 0 Å². The van der Waals surface area contributed by atoms with Crippen LogP contribution in [0.25, 0.3) is 0 Å². The molecule has 2 fully saturated rings. The minimum atomic E-state index is 0. The van der Waals surface area contributed by atoms with Crippen molar-refractivity contribution in [2.75, 3.05) is 0 Å². The highest BCUT2D eigenvalue weighted by molar-refractivity contribution is 7.09. The molecule has 3 heterocycles. The van der Waals surface area contributed by atoms with Gasteiger partial charge in [0.15, 0.2) is 0 Å². The number of hydrogen-bond donors (Lipinski definition) is 2. The molecule has 2 bridgehead atoms. The van der Waals surface area contributed by atoms with Gasteiger partial charge in [-0.05, 0) is 25.7 Å². The van der Waals surface area contributed by atoms with E-state index < -0.39 is 0 Å². The van der Waals surface area contributed by atoms with Gasteiger partial charge in [0.2, 0.25) is 5.91 Å². The van der Waals surface area contributed by atoms with Crippen molar-refractivity contribution < 1.29 is 4.79 Å². The maximum atomic E-state index is 12.2. The van der Waals surface area contributed by atoms with Gasteiger partial charge in [-0.2, -0.15) is 0 Å². The van der Waals surface area contributed by atoms with Crippen LogP contribution >= 0.6 is 36.2 Å². The van der Waals surface area contributed by atoms with Gasteiger partial charge in [0.1, 0.15) is 0 Å². The Bertz CT molecular complexity index is 518. The third-order valence-corrected chi connectivity index (χ3v) is 5.69. The van der Waals surface area contributed by atoms with Crippen LogP contribution < -0.4 is 10.6 Å². The SMILES string of the molecule is CC(C)(C)c1nc(CC(=O)NC2CC3CCC(C2)N3)cs1.Cl.Cl. The zero-order chi connectivity index (χ0) is 15.0. The van der Waals surface area contributed by atoms with Crippen LogP contribution in [-0.2, 0) is 16.6 Å². The number of carbonyl (C=O) groups is 1. The molecule has 2 aliphatic heterocycles. The normalized spacial score (nSPS) is 26.1. The summed E-state index contributed by atoms with van der Waals surface area (Å²) in [5.74, 6) is 0.118. The van der Waals surface area contributed by atoms with E-state index in [4.69, 9.17) is 0 Å². The first-order chi connectivity index (χ1) is 9.90. The van der Waals surface area contributed by atoms with Crippen LogP contribution in [0.4, 0.5) is 0 Å². The average Bonchev–Trinajstić information content (AvgIpc) is 2.96. The predicted molar refractivity (Wildman–Crippen MR) is 100 cm³/mol. The summed E-state index contributed by atoms with van der Waals surface area (Å²) in [4.78, 5) is 16.8. The van der Waals surface area contributed by atoms with Gasteiger partial charge in [-0.25, -0.2) is 4.98 Å². The second-order valence-electron chi connectivity index (χ2n) is 7.44. The molecule has 0 saturated carbocycles. The summed E-state index contributed by atoms with van der Waals surface area (Å²) in [6.07, 6.45) is 5.08. The number of rotatable bonds is 3. The Morgan fingerprint density at radius 1 is 1.30 bits per heavy atom. The molecule has 4 nitrogen and oxygen atoms in total. The van der Waals surface area contributed by atoms with E-state index in [1.807, 2.05) is 5.38 Å². The van der Waals surface area contributed by atoms with Gasteiger partial charge in [-0.3, -0.25) is 4.79 Å². The quantitative estimate of drug-likeness (QED) is 0.847. The highest BCUT2D eigenvalue weighted by atomic mass is 35.5. The molecule has 3 rings (SSSR count). The molecule has 0 aliphatic carbocycles. The van der Waals surface area contributed by atoms with Gasteiger partial charge < -0.3 is 10.6 Å². The molecule has 2 saturated heterocycles. The smallest absolute Gasteiger partial charge is 0.226 e. The highest BCUT2D eigenvalue weighted by Gasteiger charge is 2.34. The molecule has 7 heteroatoms. The Labute approximate surface area is 155 Å². The first-order valence-corrected chi connectivity index (χ1v) is 8.78. The van der Waals surface area contributed by atoms with Crippen molar-refractivity contribution in [3.8, 4) is 0 Å². The molecule has 0 radical (unpaired) electrons. The van der Waals surface area contributed by atoms with Crippen LogP contribution in [-0.4, -0.2) is 29.0 Å². The molecule has 2 unspecified atom stereocenters. The number of nitrogens with zero attached hydrogens (tertiary/aromatic N) is 1. The third-order valence-electron chi connectivity index (χ3n) is 4.37. The van der Waals surface area contributed by atoms with Gasteiger partial charge in [0.05, 0.1) is 17.1 Å². The topological polar surface area (TPSA) is 54.0 Å². The Morgan fingerprint density at radius 3 is 2.43 bits per heavy atom. The minimum Gasteiger partial charge on any atom is -0.353 e. The molecular formula is C16H27Cl2N3OS. The second-order valence-corrected chi connectivity index (χ2v) is 8.30. The lowest BCUT2D eigenvalue weighted by molar-refractivity contribution is -0.121. The third kappa shape index (κ3) is 5.31. The Morgan fingerprint density at radius 2 is 1.91 bits per heavy atom. The number of fused-ring (bicyclic) bond motifs is 2. The molecule has 0 aromatic carbocycles. The Kier molecular flexibility index (Phi) is 7.33. The van der Waals surface area contributed by atoms with Gasteiger partial charge in [0, 0.05) is 28.9 Å². The predicted octanol–water partition coefficient (Wildman–Crippen LogP) is 3.23. The van der Waals surface area contributed by atoms with E-state index in [1.165, 1.54) is 12.8 Å². The van der Waals surface area contributed by atoms with Crippen molar-refractivity contribution >= 4 is 42.1 Å². The summed E-state index contributed by atoms with van der Waals surface area (Å²) in [5, 5.41) is 9.93. The molecule has 2 N–H and O–H groups in total. The summed E-state index contributed by atoms with van der Waals surface area (Å²) in [6, 6.07) is 1.57. The van der Waals surface area contributed by atoms with E-state index in [2.05, 4.69) is 36.4 Å². The second kappa shape index (κ2) is 8.15. The maximum absolute atomic E-state index is 12.2. The summed E-state index contributed by atoms with van der Waals surface area (Å²) in [5.41, 5.74) is 0.965. The molecular weight excluding hydrogens is 353 g/mol. The summed E-state index contributed by atoms with van der Waals surface area (Å²) < 4.78 is 0. The molecule has 0 spiro atoms. The number of hydrogen-bond acceptors (Lipinski definition) is 4. The molecule has 1 aromatic rings. The van der Waals surface area contributed by atoms with Gasteiger partial charge in [-0.1, -0.05) is 20.8 Å². The molecule has 132 valence electrons. The fourth-order valence-electron chi connectivity index (χ4n) is 3.35. The average molecular weight is 380 g/mol. The summed E-state index contributed by atoms with van der Waals surface area (Å²) in [6.45, 7) is 6.46. The Balaban J connectivity index is 0.00000132. The minimum absolute atomic E-state index is 0. The van der Waals surface area contributed by atoms with Crippen LogP contribution in [0, 0.1) is 0 Å². The van der Waals surface area contributed by atoms with Crippen molar-refractivity contribution in [2.45, 2.75) is 76.4 Å². The number of thiazole rings is 1. The number of carbonyl (C=O) groups excluding carboxylic acids is 1. The van der Waals surface area contributed by atoms with E-state index in [-0.39, 0.29) is 36.1 Å². The van der Waals surface area contributed by atoms with Crippen molar-refractivity contribution in [3.05, 3.63) is 16.1 Å². The van der Waals surface area contributed by atoms with Crippen LogP contribution in [0.3, 0.4) is 0 Å². The maximum Gasteiger partial charge on any atom is 0.226 e. The molecule has 1 amide bonds. The monoisotopic (exact) mass is 379 g/mol. The van der Waals surface area contributed by atoms with Gasteiger partial charge in [0.25, 0.3) is 0 Å². The zero-order valence-corrected chi connectivity index (χ0v) is 16.4. The van der Waals surface area contributed by atoms with Crippen molar-refractivity contribution in [1.82, 2.24) is 15.6 Å².